The van der Waals surface area contributed by atoms with Gasteiger partial charge in [-0.15, -0.1) is 0 Å². The summed E-state index contributed by atoms with van der Waals surface area (Å²) in [6, 6.07) is 8.03. The van der Waals surface area contributed by atoms with Gasteiger partial charge in [-0.1, -0.05) is 6.07 Å². The minimum absolute atomic E-state index is 0.0810. The summed E-state index contributed by atoms with van der Waals surface area (Å²) in [5.74, 6) is 0.0810. The van der Waals surface area contributed by atoms with Crippen molar-refractivity contribution in [3.8, 4) is 0 Å². The molecule has 0 aromatic heterocycles. The van der Waals surface area contributed by atoms with Crippen LogP contribution in [0.1, 0.15) is 42.5 Å². The molecule has 1 aliphatic carbocycles. The molecule has 128 valence electrons. The highest BCUT2D eigenvalue weighted by atomic mass is 16.2. The smallest absolute Gasteiger partial charge is 0.319 e. The number of hydrogen-bond donors (Lipinski definition) is 3. The average molecular weight is 328 g/mol. The Kier molecular flexibility index (Phi) is 4.14. The van der Waals surface area contributed by atoms with Gasteiger partial charge in [0.1, 0.15) is 0 Å². The van der Waals surface area contributed by atoms with E-state index in [2.05, 4.69) is 20.9 Å². The van der Waals surface area contributed by atoms with Crippen molar-refractivity contribution in [2.24, 2.45) is 0 Å². The van der Waals surface area contributed by atoms with Gasteiger partial charge < -0.3 is 20.9 Å². The molecule has 3 fully saturated rings. The number of anilines is 1. The largest absolute Gasteiger partial charge is 0.335 e. The van der Waals surface area contributed by atoms with Crippen LogP contribution in [0, 0.1) is 0 Å². The summed E-state index contributed by atoms with van der Waals surface area (Å²) in [6.45, 7) is 1.86. The standard InChI is InChI=1S/C18H24N4O2/c23-17(22-15-6-7-16(22)11-19-9-8-15)12-2-1-3-14(10-12)21-18(24)20-13-4-5-13/h1-3,10,13,15-16,19H,4-9,11H2,(H2,20,21,24). The van der Waals surface area contributed by atoms with Gasteiger partial charge >= 0.3 is 6.03 Å². The lowest BCUT2D eigenvalue weighted by Crippen LogP contribution is -2.42. The van der Waals surface area contributed by atoms with Gasteiger partial charge in [0.25, 0.3) is 5.91 Å². The second-order valence-corrected chi connectivity index (χ2v) is 7.04. The van der Waals surface area contributed by atoms with Crippen molar-refractivity contribution in [1.82, 2.24) is 15.5 Å². The summed E-state index contributed by atoms with van der Waals surface area (Å²) in [5.41, 5.74) is 1.32. The summed E-state index contributed by atoms with van der Waals surface area (Å²) in [4.78, 5) is 26.9. The van der Waals surface area contributed by atoms with E-state index in [0.29, 0.717) is 29.4 Å². The fourth-order valence-corrected chi connectivity index (χ4v) is 3.77. The van der Waals surface area contributed by atoms with Crippen LogP contribution in [-0.4, -0.2) is 48.1 Å². The van der Waals surface area contributed by atoms with Crippen LogP contribution < -0.4 is 16.0 Å². The topological polar surface area (TPSA) is 73.5 Å². The van der Waals surface area contributed by atoms with Crippen molar-refractivity contribution in [1.29, 1.82) is 0 Å². The Labute approximate surface area is 142 Å². The number of hydrogen-bond acceptors (Lipinski definition) is 3. The van der Waals surface area contributed by atoms with Crippen molar-refractivity contribution < 1.29 is 9.59 Å². The molecule has 4 rings (SSSR count). The van der Waals surface area contributed by atoms with Gasteiger partial charge in [0, 0.05) is 35.9 Å². The minimum atomic E-state index is -0.193. The Bertz CT molecular complexity index is 630. The maximum atomic E-state index is 13.0. The number of fused-ring (bicyclic) bond motifs is 2. The molecule has 2 heterocycles. The quantitative estimate of drug-likeness (QED) is 0.794. The average Bonchev–Trinajstić information content (AvgIpc) is 3.30. The van der Waals surface area contributed by atoms with E-state index in [1.165, 1.54) is 0 Å². The highest BCUT2D eigenvalue weighted by Gasteiger charge is 2.38. The number of rotatable bonds is 3. The van der Waals surface area contributed by atoms with Crippen LogP contribution >= 0.6 is 0 Å². The highest BCUT2D eigenvalue weighted by Crippen LogP contribution is 2.30. The van der Waals surface area contributed by atoms with E-state index in [1.807, 2.05) is 18.2 Å². The van der Waals surface area contributed by atoms with E-state index in [9.17, 15) is 9.59 Å². The number of nitrogens with one attached hydrogen (secondary N) is 3. The third kappa shape index (κ3) is 3.24. The van der Waals surface area contributed by atoms with Crippen molar-refractivity contribution in [3.05, 3.63) is 29.8 Å². The third-order valence-corrected chi connectivity index (χ3v) is 5.17. The van der Waals surface area contributed by atoms with Gasteiger partial charge in [-0.05, 0) is 56.8 Å². The van der Waals surface area contributed by atoms with Crippen molar-refractivity contribution in [3.63, 3.8) is 0 Å². The van der Waals surface area contributed by atoms with E-state index in [4.69, 9.17) is 0 Å². The summed E-state index contributed by atoms with van der Waals surface area (Å²) in [5, 5.41) is 9.14. The van der Waals surface area contributed by atoms with Gasteiger partial charge in [0.05, 0.1) is 0 Å². The van der Waals surface area contributed by atoms with Crippen LogP contribution in [0.25, 0.3) is 0 Å². The predicted molar refractivity (Wildman–Crippen MR) is 92.1 cm³/mol. The molecular formula is C18H24N4O2. The summed E-state index contributed by atoms with van der Waals surface area (Å²) in [7, 11) is 0. The zero-order chi connectivity index (χ0) is 16.5. The monoisotopic (exact) mass is 328 g/mol. The molecule has 24 heavy (non-hydrogen) atoms. The molecule has 1 aromatic rings. The predicted octanol–water partition coefficient (Wildman–Crippen LogP) is 1.94. The third-order valence-electron chi connectivity index (χ3n) is 5.17. The first kappa shape index (κ1) is 15.4. The number of nitrogens with zero attached hydrogens (tertiary/aromatic N) is 1. The zero-order valence-corrected chi connectivity index (χ0v) is 13.8. The molecule has 2 atom stereocenters. The SMILES string of the molecule is O=C(Nc1cccc(C(=O)N2C3CCNCC2CC3)c1)NC1CC1. The van der Waals surface area contributed by atoms with E-state index >= 15 is 0 Å². The van der Waals surface area contributed by atoms with Crippen molar-refractivity contribution >= 4 is 17.6 Å². The molecule has 0 radical (unpaired) electrons. The molecule has 2 unspecified atom stereocenters. The number of urea groups is 1. The van der Waals surface area contributed by atoms with Crippen LogP contribution in [-0.2, 0) is 0 Å². The number of amides is 3. The molecule has 2 aliphatic heterocycles. The molecule has 2 saturated heterocycles. The first-order valence-electron chi connectivity index (χ1n) is 8.91. The zero-order valence-electron chi connectivity index (χ0n) is 13.8. The first-order valence-corrected chi connectivity index (χ1v) is 8.91. The van der Waals surface area contributed by atoms with Crippen molar-refractivity contribution in [2.75, 3.05) is 18.4 Å². The van der Waals surface area contributed by atoms with Crippen LogP contribution in [0.4, 0.5) is 10.5 Å². The Morgan fingerprint density at radius 2 is 1.92 bits per heavy atom. The summed E-state index contributed by atoms with van der Waals surface area (Å²) in [6.07, 6.45) is 5.30. The van der Waals surface area contributed by atoms with Crippen molar-refractivity contribution in [2.45, 2.75) is 50.2 Å². The lowest BCUT2D eigenvalue weighted by atomic mass is 10.1. The van der Waals surface area contributed by atoms with E-state index in [-0.39, 0.29) is 11.9 Å². The lowest BCUT2D eigenvalue weighted by Gasteiger charge is -2.28. The summed E-state index contributed by atoms with van der Waals surface area (Å²) < 4.78 is 0. The fourth-order valence-electron chi connectivity index (χ4n) is 3.77. The molecule has 3 N–H and O–H groups in total. The number of benzene rings is 1. The molecule has 0 spiro atoms. The molecule has 3 amide bonds. The molecule has 3 aliphatic rings. The summed E-state index contributed by atoms with van der Waals surface area (Å²) >= 11 is 0. The molecular weight excluding hydrogens is 304 g/mol. The van der Waals surface area contributed by atoms with Gasteiger partial charge in [-0.3, -0.25) is 4.79 Å². The molecule has 1 saturated carbocycles. The number of carbonyl (C=O) groups excluding carboxylic acids is 2. The number of carbonyl (C=O) groups is 2. The highest BCUT2D eigenvalue weighted by molar-refractivity contribution is 5.97. The van der Waals surface area contributed by atoms with Gasteiger partial charge in [0.15, 0.2) is 0 Å². The van der Waals surface area contributed by atoms with Gasteiger partial charge in [-0.25, -0.2) is 4.79 Å². The van der Waals surface area contributed by atoms with Gasteiger partial charge in [0.2, 0.25) is 0 Å². The second kappa shape index (κ2) is 6.43. The second-order valence-electron chi connectivity index (χ2n) is 7.04. The van der Waals surface area contributed by atoms with E-state index in [1.54, 1.807) is 6.07 Å². The Hall–Kier alpha value is -2.08. The van der Waals surface area contributed by atoms with Crippen LogP contribution in [0.5, 0.6) is 0 Å². The molecule has 6 heteroatoms. The van der Waals surface area contributed by atoms with Gasteiger partial charge in [-0.2, -0.15) is 0 Å². The molecule has 1 aromatic carbocycles. The fraction of sp³-hybridized carbons (Fsp3) is 0.556. The molecule has 2 bridgehead atoms. The van der Waals surface area contributed by atoms with Crippen LogP contribution in [0.2, 0.25) is 0 Å². The van der Waals surface area contributed by atoms with E-state index < -0.39 is 0 Å². The first-order chi connectivity index (χ1) is 11.7. The minimum Gasteiger partial charge on any atom is -0.335 e. The molecule has 6 nitrogen and oxygen atoms in total. The maximum absolute atomic E-state index is 13.0. The lowest BCUT2D eigenvalue weighted by molar-refractivity contribution is 0.0680. The van der Waals surface area contributed by atoms with E-state index in [0.717, 1.165) is 45.2 Å². The normalized spacial score (nSPS) is 25.9. The Morgan fingerprint density at radius 3 is 2.75 bits per heavy atom. The van der Waals surface area contributed by atoms with Crippen LogP contribution in [0.3, 0.4) is 0 Å². The van der Waals surface area contributed by atoms with Crippen LogP contribution in [0.15, 0.2) is 24.3 Å². The Morgan fingerprint density at radius 1 is 1.08 bits per heavy atom. The Balaban J connectivity index is 1.47. The maximum Gasteiger partial charge on any atom is 0.319 e.